The van der Waals surface area contributed by atoms with Crippen LogP contribution in [-0.4, -0.2) is 187 Å². The Morgan fingerprint density at radius 2 is 1.70 bits per heavy atom. The van der Waals surface area contributed by atoms with Crippen LogP contribution in [0.3, 0.4) is 0 Å². The van der Waals surface area contributed by atoms with Crippen LogP contribution in [0, 0.1) is 33.8 Å². The number of likely N-dealkylation sites (N-methyl/N-ethyl adjacent to an activating group) is 1. The molecule has 0 unspecified atom stereocenters. The first-order valence-corrected chi connectivity index (χ1v) is 26.3. The van der Waals surface area contributed by atoms with E-state index in [9.17, 15) is 40.1 Å². The number of cyclic esters (lactones) is 1. The normalized spacial score (nSPS) is 41.4. The molecule has 5 aliphatic rings. The van der Waals surface area contributed by atoms with E-state index in [1.807, 2.05) is 38.7 Å². The Hall–Kier alpha value is -3.58. The van der Waals surface area contributed by atoms with Crippen LogP contribution in [0.1, 0.15) is 118 Å². The number of fused-ring (bicyclic) bond motifs is 2. The zero-order chi connectivity index (χ0) is 53.3. The Morgan fingerprint density at radius 3 is 2.37 bits per heavy atom. The molecular weight excluding hydrogens is 949 g/mol. The quantitative estimate of drug-likeness (QED) is 0.119. The summed E-state index contributed by atoms with van der Waals surface area (Å²) >= 11 is 0. The number of nitro groups is 1. The van der Waals surface area contributed by atoms with Crippen molar-refractivity contribution in [3.63, 3.8) is 0 Å². The molecule has 7 rings (SSSR count). The lowest BCUT2D eigenvalue weighted by Crippen LogP contribution is -2.61. The summed E-state index contributed by atoms with van der Waals surface area (Å²) in [6.07, 6.45) is -4.90. The predicted octanol–water partition coefficient (Wildman–Crippen LogP) is 3.75. The van der Waals surface area contributed by atoms with E-state index in [1.165, 1.54) is 26.2 Å². The molecule has 2 aromatic rings. The van der Waals surface area contributed by atoms with E-state index in [4.69, 9.17) is 33.2 Å². The minimum absolute atomic E-state index is 0.0101. The first kappa shape index (κ1) is 57.1. The van der Waals surface area contributed by atoms with Gasteiger partial charge in [0.2, 0.25) is 0 Å². The van der Waals surface area contributed by atoms with Crippen LogP contribution in [0.25, 0.3) is 0 Å². The van der Waals surface area contributed by atoms with Crippen molar-refractivity contribution >= 4 is 17.4 Å². The van der Waals surface area contributed by atoms with Gasteiger partial charge in [0.1, 0.15) is 29.7 Å². The molecule has 19 atom stereocenters. The number of methoxy groups -OCH3 is 1. The molecule has 5 saturated heterocycles. The highest BCUT2D eigenvalue weighted by molar-refractivity contribution is 5.84. The first-order valence-electron chi connectivity index (χ1n) is 26.3. The maximum atomic E-state index is 14.4. The van der Waals surface area contributed by atoms with Gasteiger partial charge in [-0.05, 0) is 92.8 Å². The standard InChI is InChI=1S/C52H82N6O15/c1-12-40-52(9,64)45(61)30(3)42(59)35-23-51(8,68-28-35)47(31(4)44(32(5)48(63)71-40)72-41-24-50(7,67-11)46(62)33(6)70-41)73-49-43(60)39(22-29(2)69-49)55(10)21-19-36-26-57(54-53-36)38-14-13-20-56(27-38)25-34-15-17-37(18-16-34)58(65)66/h15-18,26,29-33,35,38-41,43-47,49,60-62,64H,12-14,19-25,27-28H2,1-11H3/t29-,30+,31+,32-,33+,35+,38+,39+,40-,41+,43-,44+,45-,46+,47-,49+,50-,51-,52-/m1/s1. The van der Waals surface area contributed by atoms with Crippen LogP contribution in [0.15, 0.2) is 30.5 Å². The van der Waals surface area contributed by atoms with Gasteiger partial charge in [-0.1, -0.05) is 38.1 Å². The molecule has 5 aliphatic heterocycles. The number of aliphatic hydroxyl groups is 4. The summed E-state index contributed by atoms with van der Waals surface area (Å²) in [7, 11) is 3.44. The second kappa shape index (κ2) is 23.3. The molecule has 6 heterocycles. The monoisotopic (exact) mass is 1030 g/mol. The highest BCUT2D eigenvalue weighted by atomic mass is 16.7. The number of carbonyl (C=O) groups is 2. The smallest absolute Gasteiger partial charge is 0.311 e. The van der Waals surface area contributed by atoms with Gasteiger partial charge in [0, 0.05) is 81.7 Å². The molecule has 0 amide bonds. The summed E-state index contributed by atoms with van der Waals surface area (Å²) in [5.74, 6) is -4.61. The molecule has 0 spiro atoms. The SMILES string of the molecule is CC[C@H]1OC(=O)[C@H](C)[C@@H](O[C@H]2C[C@@](C)(OC)[C@@H](O)[C@H](C)O2)[C@H](C)[C@@H](O[C@@H]2O[C@H](C)C[C@H](N(C)CCc3cn([C@H]4CCCN(Cc5ccc([N+](=O)[O-])cc5)C4)nn3)[C@H]2O)[C@@]2(C)C[C@@H](CO2)C(=O)[C@H](C)[C@@H](O)[C@]1(C)O. The molecule has 1 aromatic heterocycles. The minimum atomic E-state index is -2.00. The van der Waals surface area contributed by atoms with Gasteiger partial charge in [-0.3, -0.25) is 24.6 Å². The van der Waals surface area contributed by atoms with E-state index in [2.05, 4.69) is 20.1 Å². The van der Waals surface area contributed by atoms with E-state index in [-0.39, 0.29) is 49.5 Å². The number of esters is 1. The number of aliphatic hydroxyl groups excluding tert-OH is 3. The molecule has 4 N–H and O–H groups in total. The molecule has 21 nitrogen and oxygen atoms in total. The zero-order valence-electron chi connectivity index (χ0n) is 44.6. The number of piperidine rings is 1. The lowest BCUT2D eigenvalue weighted by Gasteiger charge is -2.49. The van der Waals surface area contributed by atoms with Crippen LogP contribution >= 0.6 is 0 Å². The van der Waals surface area contributed by atoms with Crippen LogP contribution in [-0.2, 0) is 55.7 Å². The number of ether oxygens (including phenoxy) is 7. The summed E-state index contributed by atoms with van der Waals surface area (Å²) in [5.41, 5.74) is -2.41. The molecule has 0 radical (unpaired) electrons. The predicted molar refractivity (Wildman–Crippen MR) is 264 cm³/mol. The lowest BCUT2D eigenvalue weighted by atomic mass is 9.75. The van der Waals surface area contributed by atoms with Crippen molar-refractivity contribution in [2.45, 2.75) is 204 Å². The van der Waals surface area contributed by atoms with Gasteiger partial charge in [-0.25, -0.2) is 4.68 Å². The Kier molecular flexibility index (Phi) is 18.3. The number of hydrogen-bond acceptors (Lipinski definition) is 19. The summed E-state index contributed by atoms with van der Waals surface area (Å²) in [6.45, 7) is 18.2. The Balaban J connectivity index is 1.10. The van der Waals surface area contributed by atoms with Crippen molar-refractivity contribution in [1.29, 1.82) is 0 Å². The molecule has 73 heavy (non-hydrogen) atoms. The number of hydrogen-bond donors (Lipinski definition) is 4. The van der Waals surface area contributed by atoms with Gasteiger partial charge in [-0.15, -0.1) is 5.10 Å². The highest BCUT2D eigenvalue weighted by Crippen LogP contribution is 2.45. The fourth-order valence-corrected chi connectivity index (χ4v) is 12.1. The number of Topliss-reactive ketones (excluding diaryl/α,β-unsaturated/α-hetero) is 1. The third-order valence-corrected chi connectivity index (χ3v) is 16.9. The Morgan fingerprint density at radius 1 is 0.986 bits per heavy atom. The fourth-order valence-electron chi connectivity index (χ4n) is 12.1. The number of nitro benzene ring substituents is 1. The Bertz CT molecular complexity index is 2180. The lowest BCUT2D eigenvalue weighted by molar-refractivity contribution is -0.384. The maximum absolute atomic E-state index is 14.4. The number of nitrogens with zero attached hydrogens (tertiary/aromatic N) is 6. The van der Waals surface area contributed by atoms with Gasteiger partial charge in [-0.2, -0.15) is 0 Å². The largest absolute Gasteiger partial charge is 0.459 e. The van der Waals surface area contributed by atoms with Crippen molar-refractivity contribution in [2.24, 2.45) is 23.7 Å². The number of aromatic nitrogens is 3. The van der Waals surface area contributed by atoms with Crippen molar-refractivity contribution in [2.75, 3.05) is 40.4 Å². The van der Waals surface area contributed by atoms with Crippen molar-refractivity contribution in [3.05, 3.63) is 51.8 Å². The number of likely N-dealkylation sites (tertiary alicyclic amines) is 1. The topological polar surface area (TPSA) is 260 Å². The summed E-state index contributed by atoms with van der Waals surface area (Å²) < 4.78 is 46.9. The first-order chi connectivity index (χ1) is 34.4. The molecule has 2 bridgehead atoms. The van der Waals surface area contributed by atoms with E-state index in [0.717, 1.165) is 37.2 Å². The van der Waals surface area contributed by atoms with Crippen LogP contribution in [0.2, 0.25) is 0 Å². The van der Waals surface area contributed by atoms with E-state index >= 15 is 0 Å². The number of carbonyl (C=O) groups excluding carboxylic acids is 2. The molecule has 410 valence electrons. The number of benzene rings is 1. The zero-order valence-corrected chi connectivity index (χ0v) is 44.6. The number of non-ortho nitro benzene ring substituents is 1. The van der Waals surface area contributed by atoms with Gasteiger partial charge < -0.3 is 58.5 Å². The minimum Gasteiger partial charge on any atom is -0.459 e. The van der Waals surface area contributed by atoms with Gasteiger partial charge >= 0.3 is 5.97 Å². The summed E-state index contributed by atoms with van der Waals surface area (Å²) in [5, 5.41) is 67.0. The average Bonchev–Trinajstić information content (AvgIpc) is 4.02. The summed E-state index contributed by atoms with van der Waals surface area (Å²) in [4.78, 5) is 43.9. The van der Waals surface area contributed by atoms with Crippen LogP contribution < -0.4 is 0 Å². The average molecular weight is 1030 g/mol. The van der Waals surface area contributed by atoms with Crippen LogP contribution in [0.4, 0.5) is 5.69 Å². The Labute approximate surface area is 429 Å². The van der Waals surface area contributed by atoms with Gasteiger partial charge in [0.15, 0.2) is 12.6 Å². The van der Waals surface area contributed by atoms with E-state index in [1.54, 1.807) is 46.8 Å². The van der Waals surface area contributed by atoms with Crippen molar-refractivity contribution in [1.82, 2.24) is 24.8 Å². The molecular formula is C52H82N6O15. The highest BCUT2D eigenvalue weighted by Gasteiger charge is 2.56. The maximum Gasteiger partial charge on any atom is 0.311 e. The second-order valence-electron chi connectivity index (χ2n) is 22.4. The third-order valence-electron chi connectivity index (χ3n) is 16.9. The van der Waals surface area contributed by atoms with Crippen molar-refractivity contribution < 1.29 is 68.1 Å². The second-order valence-corrected chi connectivity index (χ2v) is 22.4. The fraction of sp³-hybridized carbons (Fsp3) is 0.808. The molecule has 0 aliphatic carbocycles. The summed E-state index contributed by atoms with van der Waals surface area (Å²) in [6, 6.07) is 6.37. The molecule has 0 saturated carbocycles. The van der Waals surface area contributed by atoms with Gasteiger partial charge in [0.05, 0.1) is 70.9 Å². The third kappa shape index (κ3) is 12.5. The molecule has 5 fully saturated rings. The van der Waals surface area contributed by atoms with Crippen molar-refractivity contribution in [3.8, 4) is 0 Å². The van der Waals surface area contributed by atoms with E-state index < -0.39 is 113 Å². The van der Waals surface area contributed by atoms with E-state index in [0.29, 0.717) is 25.9 Å². The molecule has 1 aromatic carbocycles. The number of ketones is 1. The molecule has 21 heteroatoms. The van der Waals surface area contributed by atoms with Gasteiger partial charge in [0.25, 0.3) is 5.69 Å². The van der Waals surface area contributed by atoms with Crippen LogP contribution in [0.5, 0.6) is 0 Å². The number of rotatable bonds is 14.